The van der Waals surface area contributed by atoms with Crippen molar-refractivity contribution in [1.29, 1.82) is 0 Å². The number of carboxylic acids is 2. The molecule has 0 aromatic heterocycles. The third-order valence-corrected chi connectivity index (χ3v) is 4.68. The Morgan fingerprint density at radius 3 is 1.77 bits per heavy atom. The molecule has 0 atom stereocenters. The van der Waals surface area contributed by atoms with Crippen molar-refractivity contribution in [2.24, 2.45) is 11.8 Å². The fraction of sp³-hybridized carbons (Fsp3) is 0.667. The maximum Gasteiger partial charge on any atom is 0.331 e. The Bertz CT molecular complexity index is 413. The van der Waals surface area contributed by atoms with E-state index < -0.39 is 11.9 Å². The van der Waals surface area contributed by atoms with E-state index in [0.717, 1.165) is 25.7 Å². The van der Waals surface area contributed by atoms with Crippen molar-refractivity contribution in [2.75, 3.05) is 0 Å². The molecule has 2 saturated carbocycles. The molecule has 2 rings (SSSR count). The van der Waals surface area contributed by atoms with E-state index in [1.165, 1.54) is 32.1 Å². The van der Waals surface area contributed by atoms with Gasteiger partial charge in [0.2, 0.25) is 0 Å². The first-order valence-corrected chi connectivity index (χ1v) is 8.25. The van der Waals surface area contributed by atoms with E-state index in [-0.39, 0.29) is 5.92 Å². The first-order chi connectivity index (χ1) is 10.4. The highest BCUT2D eigenvalue weighted by Crippen LogP contribution is 2.30. The molecule has 2 aliphatic carbocycles. The van der Waals surface area contributed by atoms with E-state index >= 15 is 0 Å². The van der Waals surface area contributed by atoms with Crippen LogP contribution in [-0.2, 0) is 9.59 Å². The highest BCUT2D eigenvalue weighted by atomic mass is 16.4. The average Bonchev–Trinajstić information content (AvgIpc) is 3.02. The third-order valence-electron chi connectivity index (χ3n) is 4.68. The number of carbonyl (C=O) groups is 2. The summed E-state index contributed by atoms with van der Waals surface area (Å²) in [7, 11) is 0. The summed E-state index contributed by atoms with van der Waals surface area (Å²) in [6.07, 6.45) is 11.3. The van der Waals surface area contributed by atoms with Crippen molar-refractivity contribution in [1.82, 2.24) is 0 Å². The molecular weight excluding hydrogens is 280 g/mol. The van der Waals surface area contributed by atoms with Crippen molar-refractivity contribution < 1.29 is 19.8 Å². The summed E-state index contributed by atoms with van der Waals surface area (Å²) < 4.78 is 0. The van der Waals surface area contributed by atoms with Crippen molar-refractivity contribution in [3.63, 3.8) is 0 Å². The van der Waals surface area contributed by atoms with Gasteiger partial charge in [-0.3, -0.25) is 0 Å². The van der Waals surface area contributed by atoms with Gasteiger partial charge in [0.25, 0.3) is 0 Å². The molecule has 2 N–H and O–H groups in total. The summed E-state index contributed by atoms with van der Waals surface area (Å²) in [6.45, 7) is 7.09. The number of carboxylic acid groups (broad SMARTS) is 2. The van der Waals surface area contributed by atoms with Crippen LogP contribution >= 0.6 is 0 Å². The van der Waals surface area contributed by atoms with Crippen LogP contribution in [0.15, 0.2) is 24.3 Å². The van der Waals surface area contributed by atoms with Crippen LogP contribution in [0.1, 0.15) is 64.2 Å². The lowest BCUT2D eigenvalue weighted by Gasteiger charge is -2.21. The Hall–Kier alpha value is -1.58. The molecule has 4 heteroatoms. The van der Waals surface area contributed by atoms with Gasteiger partial charge < -0.3 is 10.2 Å². The molecule has 0 aliphatic heterocycles. The first kappa shape index (κ1) is 18.5. The number of hydrogen-bond acceptors (Lipinski definition) is 2. The van der Waals surface area contributed by atoms with E-state index in [1.54, 1.807) is 0 Å². The number of aliphatic carboxylic acids is 2. The lowest BCUT2D eigenvalue weighted by Crippen LogP contribution is -2.10. The standard InChI is InChI=1S/C10H16O2.C8H12O2/c1-8(10(11)12)7-9-5-3-2-4-6-9;1-6(8(9)10)7-4-2-3-5-7/h9H,1-7H2,(H,11,12);7H,1-5H2,(H,9,10). The Morgan fingerprint density at radius 1 is 0.818 bits per heavy atom. The van der Waals surface area contributed by atoms with Gasteiger partial charge in [0.1, 0.15) is 0 Å². The summed E-state index contributed by atoms with van der Waals surface area (Å²) in [5.41, 5.74) is 0.777. The highest BCUT2D eigenvalue weighted by Gasteiger charge is 2.21. The minimum Gasteiger partial charge on any atom is -0.478 e. The smallest absolute Gasteiger partial charge is 0.331 e. The molecule has 0 spiro atoms. The zero-order chi connectivity index (χ0) is 16.5. The van der Waals surface area contributed by atoms with Crippen molar-refractivity contribution in [3.8, 4) is 0 Å². The van der Waals surface area contributed by atoms with Gasteiger partial charge >= 0.3 is 11.9 Å². The van der Waals surface area contributed by atoms with Crippen LogP contribution < -0.4 is 0 Å². The largest absolute Gasteiger partial charge is 0.478 e. The Kier molecular flexibility index (Phi) is 7.92. The van der Waals surface area contributed by atoms with Crippen molar-refractivity contribution in [2.45, 2.75) is 64.2 Å². The monoisotopic (exact) mass is 308 g/mol. The maximum atomic E-state index is 10.5. The van der Waals surface area contributed by atoms with Crippen molar-refractivity contribution >= 4 is 11.9 Å². The molecule has 4 nitrogen and oxygen atoms in total. The maximum absolute atomic E-state index is 10.5. The van der Waals surface area contributed by atoms with Gasteiger partial charge in [0.05, 0.1) is 0 Å². The molecule has 0 unspecified atom stereocenters. The fourth-order valence-corrected chi connectivity index (χ4v) is 3.28. The molecule has 0 radical (unpaired) electrons. The van der Waals surface area contributed by atoms with Crippen LogP contribution in [0.3, 0.4) is 0 Å². The Morgan fingerprint density at radius 2 is 1.32 bits per heavy atom. The predicted molar refractivity (Wildman–Crippen MR) is 86.7 cm³/mol. The molecule has 0 bridgehead atoms. The van der Waals surface area contributed by atoms with E-state index in [4.69, 9.17) is 10.2 Å². The second-order valence-electron chi connectivity index (χ2n) is 6.43. The molecule has 22 heavy (non-hydrogen) atoms. The summed E-state index contributed by atoms with van der Waals surface area (Å²) in [6, 6.07) is 0. The van der Waals surface area contributed by atoms with E-state index in [2.05, 4.69) is 13.2 Å². The van der Waals surface area contributed by atoms with Gasteiger partial charge in [0, 0.05) is 11.1 Å². The molecule has 124 valence electrons. The number of rotatable bonds is 5. The summed E-state index contributed by atoms with van der Waals surface area (Å²) in [4.78, 5) is 20.9. The predicted octanol–water partition coefficient (Wildman–Crippen LogP) is 4.42. The van der Waals surface area contributed by atoms with Gasteiger partial charge in [-0.1, -0.05) is 58.1 Å². The second-order valence-corrected chi connectivity index (χ2v) is 6.43. The van der Waals surface area contributed by atoms with Crippen LogP contribution in [-0.4, -0.2) is 22.2 Å². The van der Waals surface area contributed by atoms with Crippen molar-refractivity contribution in [3.05, 3.63) is 24.3 Å². The minimum absolute atomic E-state index is 0.262. The Labute approximate surface area is 132 Å². The molecule has 0 saturated heterocycles. The molecule has 0 aromatic carbocycles. The SMILES string of the molecule is C=C(C(=O)O)C1CCCC1.C=C(CC1CCCCC1)C(=O)O. The average molecular weight is 308 g/mol. The Balaban J connectivity index is 0.000000224. The van der Waals surface area contributed by atoms with Gasteiger partial charge in [0.15, 0.2) is 0 Å². The summed E-state index contributed by atoms with van der Waals surface area (Å²) in [5, 5.41) is 17.2. The van der Waals surface area contributed by atoms with Crippen LogP contribution in [0.25, 0.3) is 0 Å². The number of hydrogen-bond donors (Lipinski definition) is 2. The zero-order valence-electron chi connectivity index (χ0n) is 13.4. The molecule has 2 aliphatic rings. The molecule has 0 amide bonds. The fourth-order valence-electron chi connectivity index (χ4n) is 3.28. The van der Waals surface area contributed by atoms with Gasteiger partial charge in [-0.25, -0.2) is 9.59 Å². The second kappa shape index (κ2) is 9.44. The lowest BCUT2D eigenvalue weighted by atomic mass is 9.85. The molecular formula is C18H28O4. The van der Waals surface area contributed by atoms with Gasteiger partial charge in [-0.15, -0.1) is 0 Å². The summed E-state index contributed by atoms with van der Waals surface area (Å²) in [5.74, 6) is -0.813. The quantitative estimate of drug-likeness (QED) is 0.737. The van der Waals surface area contributed by atoms with Crippen LogP contribution in [0, 0.1) is 11.8 Å². The summed E-state index contributed by atoms with van der Waals surface area (Å²) >= 11 is 0. The normalized spacial score (nSPS) is 19.1. The lowest BCUT2D eigenvalue weighted by molar-refractivity contribution is -0.134. The van der Waals surface area contributed by atoms with Crippen LogP contribution in [0.4, 0.5) is 0 Å². The molecule has 0 aromatic rings. The first-order valence-electron chi connectivity index (χ1n) is 8.25. The zero-order valence-corrected chi connectivity index (χ0v) is 13.4. The van der Waals surface area contributed by atoms with Crippen LogP contribution in [0.2, 0.25) is 0 Å². The van der Waals surface area contributed by atoms with E-state index in [9.17, 15) is 9.59 Å². The van der Waals surface area contributed by atoms with E-state index in [1.807, 2.05) is 0 Å². The topological polar surface area (TPSA) is 74.6 Å². The van der Waals surface area contributed by atoms with Gasteiger partial charge in [-0.05, 0) is 31.1 Å². The van der Waals surface area contributed by atoms with E-state index in [0.29, 0.717) is 23.5 Å². The van der Waals surface area contributed by atoms with Gasteiger partial charge in [-0.2, -0.15) is 0 Å². The molecule has 2 fully saturated rings. The van der Waals surface area contributed by atoms with Crippen LogP contribution in [0.5, 0.6) is 0 Å². The minimum atomic E-state index is -0.833. The highest BCUT2D eigenvalue weighted by molar-refractivity contribution is 5.86. The third kappa shape index (κ3) is 6.46. The molecule has 0 heterocycles.